The first-order chi connectivity index (χ1) is 11.4. The first kappa shape index (κ1) is 18.5. The number of aliphatic imine (C=N–C) groups is 1. The van der Waals surface area contributed by atoms with Gasteiger partial charge in [0, 0.05) is 45.1 Å². The molecule has 0 aromatic carbocycles. The Morgan fingerprint density at radius 1 is 1.46 bits per heavy atom. The molecule has 0 bridgehead atoms. The van der Waals surface area contributed by atoms with Crippen molar-refractivity contribution < 1.29 is 13.2 Å². The molecule has 1 saturated heterocycles. The minimum Gasteiger partial charge on any atom is -0.356 e. The third kappa shape index (κ3) is 5.99. The van der Waals surface area contributed by atoms with Gasteiger partial charge < -0.3 is 10.6 Å². The lowest BCUT2D eigenvalue weighted by molar-refractivity contribution is -0.143. The number of aromatic nitrogens is 1. The van der Waals surface area contributed by atoms with E-state index < -0.39 is 12.7 Å². The third-order valence-corrected chi connectivity index (χ3v) is 4.06. The molecule has 134 valence electrons. The molecule has 1 aromatic heterocycles. The molecule has 1 fully saturated rings. The number of guanidine groups is 1. The fraction of sp³-hybridized carbons (Fsp3) is 0.625. The van der Waals surface area contributed by atoms with Crippen LogP contribution >= 0.6 is 0 Å². The van der Waals surface area contributed by atoms with Crippen molar-refractivity contribution in [3.8, 4) is 0 Å². The number of alkyl halides is 3. The Hall–Kier alpha value is -1.83. The van der Waals surface area contributed by atoms with Gasteiger partial charge in [-0.15, -0.1) is 0 Å². The van der Waals surface area contributed by atoms with E-state index in [0.29, 0.717) is 32.0 Å². The predicted molar refractivity (Wildman–Crippen MR) is 88.1 cm³/mol. The average molecular weight is 343 g/mol. The Kier molecular flexibility index (Phi) is 6.42. The predicted octanol–water partition coefficient (Wildman–Crippen LogP) is 1.73. The molecule has 1 unspecified atom stereocenters. The zero-order valence-corrected chi connectivity index (χ0v) is 14.0. The van der Waals surface area contributed by atoms with Crippen molar-refractivity contribution in [2.75, 3.05) is 33.2 Å². The van der Waals surface area contributed by atoms with Gasteiger partial charge in [-0.05, 0) is 37.0 Å². The summed E-state index contributed by atoms with van der Waals surface area (Å²) in [6, 6.07) is 1.97. The molecule has 0 amide bonds. The van der Waals surface area contributed by atoms with Crippen molar-refractivity contribution in [3.05, 3.63) is 29.6 Å². The van der Waals surface area contributed by atoms with E-state index in [1.54, 1.807) is 13.2 Å². The molecule has 24 heavy (non-hydrogen) atoms. The summed E-state index contributed by atoms with van der Waals surface area (Å²) in [5, 5.41) is 6.41. The summed E-state index contributed by atoms with van der Waals surface area (Å²) in [5.41, 5.74) is 2.35. The molecule has 1 aliphatic heterocycles. The van der Waals surface area contributed by atoms with Crippen LogP contribution in [0.1, 0.15) is 17.5 Å². The van der Waals surface area contributed by atoms with Crippen molar-refractivity contribution in [2.45, 2.75) is 32.0 Å². The van der Waals surface area contributed by atoms with Crippen LogP contribution in [0.25, 0.3) is 0 Å². The van der Waals surface area contributed by atoms with Crippen LogP contribution in [0.2, 0.25) is 0 Å². The second-order valence-corrected chi connectivity index (χ2v) is 6.03. The Labute approximate surface area is 140 Å². The summed E-state index contributed by atoms with van der Waals surface area (Å²) < 4.78 is 37.3. The molecule has 1 aliphatic rings. The lowest BCUT2D eigenvalue weighted by atomic mass is 10.1. The van der Waals surface area contributed by atoms with Crippen molar-refractivity contribution in [3.63, 3.8) is 0 Å². The minimum atomic E-state index is -4.14. The lowest BCUT2D eigenvalue weighted by Gasteiger charge is -2.20. The highest BCUT2D eigenvalue weighted by Gasteiger charge is 2.34. The first-order valence-corrected chi connectivity index (χ1v) is 8.03. The second kappa shape index (κ2) is 8.32. The first-order valence-electron chi connectivity index (χ1n) is 8.03. The fourth-order valence-electron chi connectivity index (χ4n) is 2.83. The summed E-state index contributed by atoms with van der Waals surface area (Å²) in [6.07, 6.45) is 0.969. The highest BCUT2D eigenvalue weighted by atomic mass is 19.4. The number of halogens is 3. The maximum Gasteiger partial charge on any atom is 0.401 e. The van der Waals surface area contributed by atoms with E-state index in [0.717, 1.165) is 12.0 Å². The number of nitrogens with zero attached hydrogens (tertiary/aromatic N) is 3. The number of hydrogen-bond donors (Lipinski definition) is 2. The monoisotopic (exact) mass is 343 g/mol. The van der Waals surface area contributed by atoms with E-state index in [1.807, 2.05) is 19.2 Å². The van der Waals surface area contributed by atoms with Crippen molar-refractivity contribution in [2.24, 2.45) is 4.99 Å². The highest BCUT2D eigenvalue weighted by Crippen LogP contribution is 2.19. The van der Waals surface area contributed by atoms with Gasteiger partial charge in [0.1, 0.15) is 0 Å². The van der Waals surface area contributed by atoms with Gasteiger partial charge in [0.15, 0.2) is 5.96 Å². The van der Waals surface area contributed by atoms with Gasteiger partial charge in [-0.2, -0.15) is 13.2 Å². The SMILES string of the molecule is CN=C(NCCc1ccncc1C)NC1CCN(CC(F)(F)F)C1. The third-order valence-electron chi connectivity index (χ3n) is 4.06. The molecule has 0 aliphatic carbocycles. The summed E-state index contributed by atoms with van der Waals surface area (Å²) in [5.74, 6) is 0.626. The van der Waals surface area contributed by atoms with E-state index >= 15 is 0 Å². The molecule has 5 nitrogen and oxygen atoms in total. The molecule has 2 heterocycles. The minimum absolute atomic E-state index is 0.0128. The van der Waals surface area contributed by atoms with Gasteiger partial charge in [0.25, 0.3) is 0 Å². The van der Waals surface area contributed by atoms with Crippen LogP contribution < -0.4 is 10.6 Å². The molecule has 1 atom stereocenters. The van der Waals surface area contributed by atoms with Crippen LogP contribution in [0, 0.1) is 6.92 Å². The summed E-state index contributed by atoms with van der Waals surface area (Å²) in [6.45, 7) is 2.69. The van der Waals surface area contributed by atoms with Gasteiger partial charge in [-0.3, -0.25) is 14.9 Å². The van der Waals surface area contributed by atoms with Crippen molar-refractivity contribution in [1.82, 2.24) is 20.5 Å². The van der Waals surface area contributed by atoms with Crippen LogP contribution in [0.5, 0.6) is 0 Å². The molecule has 0 spiro atoms. The molecular weight excluding hydrogens is 319 g/mol. The second-order valence-electron chi connectivity index (χ2n) is 6.03. The van der Waals surface area contributed by atoms with Crippen molar-refractivity contribution in [1.29, 1.82) is 0 Å². The van der Waals surface area contributed by atoms with Gasteiger partial charge in [0.2, 0.25) is 0 Å². The maximum atomic E-state index is 12.4. The summed E-state index contributed by atoms with van der Waals surface area (Å²) in [4.78, 5) is 9.63. The Morgan fingerprint density at radius 3 is 2.92 bits per heavy atom. The van der Waals surface area contributed by atoms with Gasteiger partial charge in [-0.25, -0.2) is 0 Å². The molecule has 1 aromatic rings. The average Bonchev–Trinajstić information content (AvgIpc) is 2.93. The number of rotatable bonds is 5. The zero-order valence-electron chi connectivity index (χ0n) is 14.0. The molecular formula is C16H24F3N5. The summed E-state index contributed by atoms with van der Waals surface area (Å²) in [7, 11) is 1.66. The summed E-state index contributed by atoms with van der Waals surface area (Å²) >= 11 is 0. The van der Waals surface area contributed by atoms with E-state index in [-0.39, 0.29) is 6.04 Å². The largest absolute Gasteiger partial charge is 0.401 e. The van der Waals surface area contributed by atoms with Crippen LogP contribution in [0.15, 0.2) is 23.5 Å². The normalized spacial score (nSPS) is 19.5. The van der Waals surface area contributed by atoms with E-state index in [1.165, 1.54) is 10.5 Å². The molecule has 2 rings (SSSR count). The number of likely N-dealkylation sites (tertiary alicyclic amines) is 1. The van der Waals surface area contributed by atoms with E-state index in [2.05, 4.69) is 20.6 Å². The molecule has 0 saturated carbocycles. The fourth-order valence-corrected chi connectivity index (χ4v) is 2.83. The lowest BCUT2D eigenvalue weighted by Crippen LogP contribution is -2.45. The zero-order chi connectivity index (χ0) is 17.6. The Morgan fingerprint density at radius 2 is 2.25 bits per heavy atom. The Balaban J connectivity index is 1.74. The van der Waals surface area contributed by atoms with Gasteiger partial charge >= 0.3 is 6.18 Å². The molecule has 0 radical (unpaired) electrons. The van der Waals surface area contributed by atoms with Crippen LogP contribution in [0.4, 0.5) is 13.2 Å². The smallest absolute Gasteiger partial charge is 0.356 e. The molecule has 8 heteroatoms. The van der Waals surface area contributed by atoms with Crippen LogP contribution in [-0.4, -0.2) is 61.3 Å². The van der Waals surface area contributed by atoms with Crippen LogP contribution in [-0.2, 0) is 6.42 Å². The highest BCUT2D eigenvalue weighted by molar-refractivity contribution is 5.80. The number of pyridine rings is 1. The quantitative estimate of drug-likeness (QED) is 0.632. The maximum absolute atomic E-state index is 12.4. The van der Waals surface area contributed by atoms with Crippen LogP contribution in [0.3, 0.4) is 0 Å². The number of aryl methyl sites for hydroxylation is 1. The number of hydrogen-bond acceptors (Lipinski definition) is 3. The van der Waals surface area contributed by atoms with Gasteiger partial charge in [0.05, 0.1) is 6.54 Å². The molecule has 2 N–H and O–H groups in total. The topological polar surface area (TPSA) is 52.6 Å². The van der Waals surface area contributed by atoms with Crippen molar-refractivity contribution >= 4 is 5.96 Å². The van der Waals surface area contributed by atoms with Gasteiger partial charge in [-0.1, -0.05) is 0 Å². The van der Waals surface area contributed by atoms with E-state index in [9.17, 15) is 13.2 Å². The Bertz CT molecular complexity index is 559. The number of nitrogens with one attached hydrogen (secondary N) is 2. The van der Waals surface area contributed by atoms with E-state index in [4.69, 9.17) is 0 Å². The standard InChI is InChI=1S/C16H24F3N5/c1-12-9-21-6-3-13(12)4-7-22-15(20-2)23-14-5-8-24(10-14)11-16(17,18)19/h3,6,9,14H,4-5,7-8,10-11H2,1-2H3,(H2,20,22,23).